The highest BCUT2D eigenvalue weighted by Gasteiger charge is 2.47. The monoisotopic (exact) mass is 144 g/mol. The molecule has 1 aliphatic carbocycles. The SMILES string of the molecule is C#C[C@H]1CC(=O)C(F)(F)C1. The maximum Gasteiger partial charge on any atom is 0.306 e. The molecule has 10 heavy (non-hydrogen) atoms. The second-order valence-electron chi connectivity index (χ2n) is 2.40. The molecule has 0 bridgehead atoms. The molecule has 1 saturated carbocycles. The van der Waals surface area contributed by atoms with E-state index >= 15 is 0 Å². The molecule has 0 aliphatic heterocycles. The Bertz CT molecular complexity index is 202. The van der Waals surface area contributed by atoms with Crippen molar-refractivity contribution in [2.75, 3.05) is 0 Å². The van der Waals surface area contributed by atoms with Crippen LogP contribution < -0.4 is 0 Å². The molecule has 1 nitrogen and oxygen atoms in total. The average Bonchev–Trinajstić information content (AvgIpc) is 2.08. The standard InChI is InChI=1S/C7H6F2O/c1-2-5-3-6(10)7(8,9)4-5/h1,5H,3-4H2/t5-/m0/s1. The number of rotatable bonds is 0. The van der Waals surface area contributed by atoms with Crippen LogP contribution in [0.2, 0.25) is 0 Å². The number of carbonyl (C=O) groups is 1. The molecule has 0 saturated heterocycles. The Morgan fingerprint density at radius 1 is 1.70 bits per heavy atom. The fourth-order valence-corrected chi connectivity index (χ4v) is 0.986. The molecule has 0 radical (unpaired) electrons. The number of hydrogen-bond donors (Lipinski definition) is 0. The minimum Gasteiger partial charge on any atom is -0.293 e. The minimum atomic E-state index is -3.16. The molecule has 0 amide bonds. The molecule has 1 fully saturated rings. The minimum absolute atomic E-state index is 0.163. The van der Waals surface area contributed by atoms with Gasteiger partial charge < -0.3 is 0 Å². The molecule has 54 valence electrons. The van der Waals surface area contributed by atoms with Crippen LogP contribution in [-0.4, -0.2) is 11.7 Å². The predicted molar refractivity (Wildman–Crippen MR) is 31.5 cm³/mol. The highest BCUT2D eigenvalue weighted by Crippen LogP contribution is 2.35. The highest BCUT2D eigenvalue weighted by atomic mass is 19.3. The molecule has 0 aromatic carbocycles. The van der Waals surface area contributed by atoms with Crippen molar-refractivity contribution in [1.82, 2.24) is 0 Å². The third-order valence-corrected chi connectivity index (χ3v) is 1.58. The number of alkyl halides is 2. The lowest BCUT2D eigenvalue weighted by molar-refractivity contribution is -0.138. The van der Waals surface area contributed by atoms with Crippen LogP contribution in [0.25, 0.3) is 0 Å². The first-order valence-corrected chi connectivity index (χ1v) is 2.93. The number of carbonyl (C=O) groups excluding carboxylic acids is 1. The van der Waals surface area contributed by atoms with Gasteiger partial charge in [-0.25, -0.2) is 0 Å². The number of ketones is 1. The van der Waals surface area contributed by atoms with E-state index in [4.69, 9.17) is 6.42 Å². The molecule has 0 unspecified atom stereocenters. The van der Waals surface area contributed by atoms with Crippen LogP contribution in [0, 0.1) is 18.3 Å². The van der Waals surface area contributed by atoms with Crippen molar-refractivity contribution in [1.29, 1.82) is 0 Å². The van der Waals surface area contributed by atoms with Crippen LogP contribution in [0.15, 0.2) is 0 Å². The number of halogens is 2. The van der Waals surface area contributed by atoms with Crippen molar-refractivity contribution in [3.05, 3.63) is 0 Å². The Morgan fingerprint density at radius 3 is 2.50 bits per heavy atom. The van der Waals surface area contributed by atoms with Gasteiger partial charge in [0.1, 0.15) is 0 Å². The Kier molecular flexibility index (Phi) is 1.47. The molecule has 1 rings (SSSR count). The van der Waals surface area contributed by atoms with Gasteiger partial charge in [-0.15, -0.1) is 12.3 Å². The molecule has 3 heteroatoms. The summed E-state index contributed by atoms with van der Waals surface area (Å²) in [5, 5.41) is 0. The summed E-state index contributed by atoms with van der Waals surface area (Å²) in [6.07, 6.45) is 4.25. The van der Waals surface area contributed by atoms with E-state index in [0.29, 0.717) is 0 Å². The number of Topliss-reactive ketones (excluding diaryl/α,β-unsaturated/α-hetero) is 1. The summed E-state index contributed by atoms with van der Waals surface area (Å²) in [5.74, 6) is -2.58. The van der Waals surface area contributed by atoms with Gasteiger partial charge in [-0.1, -0.05) is 0 Å². The Morgan fingerprint density at radius 2 is 2.30 bits per heavy atom. The van der Waals surface area contributed by atoms with Crippen molar-refractivity contribution in [2.45, 2.75) is 18.8 Å². The highest BCUT2D eigenvalue weighted by molar-refractivity contribution is 5.88. The lowest BCUT2D eigenvalue weighted by atomic mass is 10.1. The van der Waals surface area contributed by atoms with E-state index in [1.165, 1.54) is 0 Å². The summed E-state index contributed by atoms with van der Waals surface area (Å²) >= 11 is 0. The molecule has 1 aliphatic rings. The Balaban J connectivity index is 2.73. The molecule has 1 atom stereocenters. The summed E-state index contributed by atoms with van der Waals surface area (Å²) in [4.78, 5) is 10.4. The van der Waals surface area contributed by atoms with Gasteiger partial charge in [-0.3, -0.25) is 4.79 Å². The lowest BCUT2D eigenvalue weighted by Gasteiger charge is -2.02. The summed E-state index contributed by atoms with van der Waals surface area (Å²) in [6.45, 7) is 0. The summed E-state index contributed by atoms with van der Waals surface area (Å²) in [7, 11) is 0. The van der Waals surface area contributed by atoms with E-state index in [1.807, 2.05) is 0 Å². The molecule has 0 heterocycles. The number of hydrogen-bond acceptors (Lipinski definition) is 1. The maximum atomic E-state index is 12.3. The van der Waals surface area contributed by atoms with Crippen LogP contribution in [0.1, 0.15) is 12.8 Å². The first-order valence-electron chi connectivity index (χ1n) is 2.93. The van der Waals surface area contributed by atoms with Crippen LogP contribution in [0.4, 0.5) is 8.78 Å². The maximum absolute atomic E-state index is 12.3. The molecule has 0 N–H and O–H groups in total. The first-order chi connectivity index (χ1) is 4.56. The second-order valence-corrected chi connectivity index (χ2v) is 2.40. The van der Waals surface area contributed by atoms with Crippen LogP contribution in [-0.2, 0) is 4.79 Å². The van der Waals surface area contributed by atoms with E-state index in [-0.39, 0.29) is 6.42 Å². The third kappa shape index (κ3) is 1.02. The third-order valence-electron chi connectivity index (χ3n) is 1.58. The van der Waals surface area contributed by atoms with Gasteiger partial charge in [0.2, 0.25) is 5.78 Å². The Labute approximate surface area is 57.4 Å². The zero-order chi connectivity index (χ0) is 7.78. The fraction of sp³-hybridized carbons (Fsp3) is 0.571. The van der Waals surface area contributed by atoms with Crippen LogP contribution >= 0.6 is 0 Å². The van der Waals surface area contributed by atoms with Gasteiger partial charge >= 0.3 is 5.92 Å². The van der Waals surface area contributed by atoms with Gasteiger partial charge in [-0.05, 0) is 0 Å². The van der Waals surface area contributed by atoms with Crippen molar-refractivity contribution >= 4 is 5.78 Å². The Hall–Kier alpha value is -0.910. The van der Waals surface area contributed by atoms with Gasteiger partial charge in [-0.2, -0.15) is 8.78 Å². The fourth-order valence-electron chi connectivity index (χ4n) is 0.986. The van der Waals surface area contributed by atoms with Gasteiger partial charge in [0, 0.05) is 18.8 Å². The van der Waals surface area contributed by atoms with E-state index in [1.54, 1.807) is 0 Å². The second kappa shape index (κ2) is 2.05. The summed E-state index contributed by atoms with van der Waals surface area (Å²) in [6, 6.07) is 0. The molecular weight excluding hydrogens is 138 g/mol. The van der Waals surface area contributed by atoms with Crippen LogP contribution in [0.3, 0.4) is 0 Å². The smallest absolute Gasteiger partial charge is 0.293 e. The van der Waals surface area contributed by atoms with E-state index < -0.39 is 24.0 Å². The molecule has 0 spiro atoms. The molecular formula is C7H6F2O. The molecule has 0 aromatic heterocycles. The first kappa shape index (κ1) is 7.20. The zero-order valence-corrected chi connectivity index (χ0v) is 5.23. The lowest BCUT2D eigenvalue weighted by Crippen LogP contribution is -2.20. The van der Waals surface area contributed by atoms with Gasteiger partial charge in [0.05, 0.1) is 0 Å². The van der Waals surface area contributed by atoms with E-state index in [9.17, 15) is 13.6 Å². The normalized spacial score (nSPS) is 30.1. The van der Waals surface area contributed by atoms with Crippen molar-refractivity contribution in [3.63, 3.8) is 0 Å². The van der Waals surface area contributed by atoms with Crippen molar-refractivity contribution in [2.24, 2.45) is 5.92 Å². The quantitative estimate of drug-likeness (QED) is 0.467. The largest absolute Gasteiger partial charge is 0.306 e. The number of terminal acetylenes is 1. The van der Waals surface area contributed by atoms with Gasteiger partial charge in [0.25, 0.3) is 0 Å². The summed E-state index contributed by atoms with van der Waals surface area (Å²) in [5.41, 5.74) is 0. The van der Waals surface area contributed by atoms with Crippen molar-refractivity contribution < 1.29 is 13.6 Å². The summed E-state index contributed by atoms with van der Waals surface area (Å²) < 4.78 is 24.7. The van der Waals surface area contributed by atoms with Gasteiger partial charge in [0.15, 0.2) is 0 Å². The van der Waals surface area contributed by atoms with E-state index in [0.717, 1.165) is 0 Å². The topological polar surface area (TPSA) is 17.1 Å². The predicted octanol–water partition coefficient (Wildman–Crippen LogP) is 1.23. The molecule has 0 aromatic rings. The van der Waals surface area contributed by atoms with E-state index in [2.05, 4.69) is 5.92 Å². The zero-order valence-electron chi connectivity index (χ0n) is 5.23. The average molecular weight is 144 g/mol. The van der Waals surface area contributed by atoms with Crippen molar-refractivity contribution in [3.8, 4) is 12.3 Å². The van der Waals surface area contributed by atoms with Crippen LogP contribution in [0.5, 0.6) is 0 Å².